The lowest BCUT2D eigenvalue weighted by atomic mass is 10.0. The van der Waals surface area contributed by atoms with Gasteiger partial charge in [0.05, 0.1) is 12.0 Å². The van der Waals surface area contributed by atoms with Crippen LogP contribution in [0.25, 0.3) is 0 Å². The van der Waals surface area contributed by atoms with Crippen molar-refractivity contribution in [2.24, 2.45) is 5.92 Å². The fourth-order valence-electron chi connectivity index (χ4n) is 2.22. The Bertz CT molecular complexity index is 772. The normalized spacial score (nSPS) is 11.6. The molecule has 1 unspecified atom stereocenters. The molecule has 0 aliphatic rings. The van der Waals surface area contributed by atoms with Gasteiger partial charge in [0.1, 0.15) is 11.8 Å². The molecule has 2 amide bonds. The minimum absolute atomic E-state index is 0.189. The third-order valence-electron chi connectivity index (χ3n) is 3.67. The van der Waals surface area contributed by atoms with Crippen molar-refractivity contribution < 1.29 is 23.9 Å². The topological polar surface area (TPSA) is 93.7 Å². The van der Waals surface area contributed by atoms with Gasteiger partial charge < -0.3 is 20.1 Å². The monoisotopic (exact) mass is 390 g/mol. The van der Waals surface area contributed by atoms with E-state index in [2.05, 4.69) is 10.6 Å². The molecule has 2 aromatic rings. The summed E-state index contributed by atoms with van der Waals surface area (Å²) < 4.78 is 10.1. The number of thiophene rings is 1. The second-order valence-corrected chi connectivity index (χ2v) is 7.00. The van der Waals surface area contributed by atoms with Crippen LogP contribution in [0.1, 0.15) is 23.5 Å². The molecule has 0 saturated carbocycles. The minimum atomic E-state index is -0.839. The molecule has 2 rings (SSSR count). The first kappa shape index (κ1) is 20.4. The Balaban J connectivity index is 1.86. The van der Waals surface area contributed by atoms with Crippen molar-refractivity contribution in [1.29, 1.82) is 0 Å². The van der Waals surface area contributed by atoms with E-state index in [1.165, 1.54) is 11.3 Å². The van der Waals surface area contributed by atoms with Gasteiger partial charge in [-0.25, -0.2) is 4.79 Å². The second kappa shape index (κ2) is 9.72. The maximum Gasteiger partial charge on any atom is 0.329 e. The van der Waals surface area contributed by atoms with Crippen LogP contribution in [0.4, 0.5) is 5.69 Å². The number of hydrogen-bond acceptors (Lipinski definition) is 6. The summed E-state index contributed by atoms with van der Waals surface area (Å²) in [4.78, 5) is 36.9. The predicted molar refractivity (Wildman–Crippen MR) is 103 cm³/mol. The zero-order valence-corrected chi connectivity index (χ0v) is 16.2. The second-order valence-electron chi connectivity index (χ2n) is 6.06. The highest BCUT2D eigenvalue weighted by Crippen LogP contribution is 2.15. The summed E-state index contributed by atoms with van der Waals surface area (Å²) in [6, 6.07) is 9.35. The van der Waals surface area contributed by atoms with Crippen molar-refractivity contribution >= 4 is 34.8 Å². The van der Waals surface area contributed by atoms with Crippen molar-refractivity contribution in [2.45, 2.75) is 19.9 Å². The Kier molecular flexibility index (Phi) is 7.36. The van der Waals surface area contributed by atoms with E-state index in [4.69, 9.17) is 9.47 Å². The van der Waals surface area contributed by atoms with E-state index in [0.717, 1.165) is 0 Å². The highest BCUT2D eigenvalue weighted by Gasteiger charge is 2.27. The maximum absolute atomic E-state index is 12.3. The lowest BCUT2D eigenvalue weighted by Crippen LogP contribution is -2.45. The van der Waals surface area contributed by atoms with E-state index in [0.29, 0.717) is 16.3 Å². The van der Waals surface area contributed by atoms with E-state index in [1.54, 1.807) is 62.7 Å². The summed E-state index contributed by atoms with van der Waals surface area (Å²) in [5.74, 6) is -0.990. The van der Waals surface area contributed by atoms with Crippen LogP contribution in [0, 0.1) is 5.92 Å². The van der Waals surface area contributed by atoms with E-state index in [-0.39, 0.29) is 11.8 Å². The minimum Gasteiger partial charge on any atom is -0.497 e. The smallest absolute Gasteiger partial charge is 0.329 e. The molecule has 1 atom stereocenters. The first-order valence-electron chi connectivity index (χ1n) is 8.35. The van der Waals surface area contributed by atoms with Gasteiger partial charge in [-0.3, -0.25) is 9.59 Å². The number of benzene rings is 1. The summed E-state index contributed by atoms with van der Waals surface area (Å²) in [6.07, 6.45) is 0. The molecule has 144 valence electrons. The number of anilines is 1. The van der Waals surface area contributed by atoms with Crippen molar-refractivity contribution in [2.75, 3.05) is 19.0 Å². The van der Waals surface area contributed by atoms with Gasteiger partial charge in [-0.2, -0.15) is 0 Å². The van der Waals surface area contributed by atoms with Crippen molar-refractivity contribution in [3.8, 4) is 5.75 Å². The quantitative estimate of drug-likeness (QED) is 0.676. The standard InChI is InChI=1S/C19H22N2O5S/c1-12(2)17(21-18(23)15-5-4-10-27-15)19(24)26-11-16(22)20-13-6-8-14(25-3)9-7-13/h4-10,12,17H,11H2,1-3H3,(H,20,22)(H,21,23). The van der Waals surface area contributed by atoms with Gasteiger partial charge in [-0.15, -0.1) is 11.3 Å². The fraction of sp³-hybridized carbons (Fsp3) is 0.316. The van der Waals surface area contributed by atoms with Crippen LogP contribution in [-0.2, 0) is 14.3 Å². The first-order chi connectivity index (χ1) is 12.9. The molecule has 0 aliphatic heterocycles. The molecule has 27 heavy (non-hydrogen) atoms. The third kappa shape index (κ3) is 6.10. The zero-order valence-electron chi connectivity index (χ0n) is 15.4. The molecule has 0 saturated heterocycles. The number of amides is 2. The zero-order chi connectivity index (χ0) is 19.8. The molecule has 0 spiro atoms. The Labute approximate surface area is 161 Å². The van der Waals surface area contributed by atoms with Crippen molar-refractivity contribution in [3.05, 3.63) is 46.7 Å². The van der Waals surface area contributed by atoms with Crippen molar-refractivity contribution in [3.63, 3.8) is 0 Å². The van der Waals surface area contributed by atoms with E-state index < -0.39 is 24.5 Å². The number of rotatable bonds is 8. The molecule has 8 heteroatoms. The van der Waals surface area contributed by atoms with E-state index >= 15 is 0 Å². The first-order valence-corrected chi connectivity index (χ1v) is 9.23. The number of carbonyl (C=O) groups excluding carboxylic acids is 3. The number of hydrogen-bond donors (Lipinski definition) is 2. The molecule has 2 N–H and O–H groups in total. The van der Waals surface area contributed by atoms with Gasteiger partial charge in [0.25, 0.3) is 11.8 Å². The lowest BCUT2D eigenvalue weighted by molar-refractivity contribution is -0.150. The van der Waals surface area contributed by atoms with Crippen LogP contribution in [0.2, 0.25) is 0 Å². The van der Waals surface area contributed by atoms with Gasteiger partial charge >= 0.3 is 5.97 Å². The number of esters is 1. The summed E-state index contributed by atoms with van der Waals surface area (Å²) >= 11 is 1.28. The third-order valence-corrected chi connectivity index (χ3v) is 4.54. The number of nitrogens with one attached hydrogen (secondary N) is 2. The van der Waals surface area contributed by atoms with Gasteiger partial charge in [-0.1, -0.05) is 19.9 Å². The molecule has 0 aliphatic carbocycles. The molecule has 0 radical (unpaired) electrons. The fourth-order valence-corrected chi connectivity index (χ4v) is 2.84. The van der Waals surface area contributed by atoms with Crippen LogP contribution >= 0.6 is 11.3 Å². The van der Waals surface area contributed by atoms with Crippen LogP contribution in [0.5, 0.6) is 5.75 Å². The highest BCUT2D eigenvalue weighted by molar-refractivity contribution is 7.12. The molecule has 1 heterocycles. The Morgan fingerprint density at radius 2 is 1.81 bits per heavy atom. The average Bonchev–Trinajstić information content (AvgIpc) is 3.19. The summed E-state index contributed by atoms with van der Waals surface area (Å²) in [6.45, 7) is 3.14. The molecule has 1 aromatic heterocycles. The van der Waals surface area contributed by atoms with Gasteiger partial charge in [-0.05, 0) is 41.6 Å². The maximum atomic E-state index is 12.3. The van der Waals surface area contributed by atoms with Crippen LogP contribution < -0.4 is 15.4 Å². The summed E-state index contributed by atoms with van der Waals surface area (Å²) in [5.41, 5.74) is 0.559. The largest absolute Gasteiger partial charge is 0.497 e. The van der Waals surface area contributed by atoms with Crippen LogP contribution in [0.3, 0.4) is 0 Å². The summed E-state index contributed by atoms with van der Waals surface area (Å²) in [7, 11) is 1.55. The Morgan fingerprint density at radius 1 is 1.11 bits per heavy atom. The van der Waals surface area contributed by atoms with E-state index in [1.807, 2.05) is 0 Å². The highest BCUT2D eigenvalue weighted by atomic mass is 32.1. The van der Waals surface area contributed by atoms with Gasteiger partial charge in [0.15, 0.2) is 6.61 Å². The van der Waals surface area contributed by atoms with E-state index in [9.17, 15) is 14.4 Å². The number of ether oxygens (including phenoxy) is 2. The number of carbonyl (C=O) groups is 3. The Hall–Kier alpha value is -2.87. The SMILES string of the molecule is COc1ccc(NC(=O)COC(=O)C(NC(=O)c2cccs2)C(C)C)cc1. The molecule has 1 aromatic carbocycles. The molecule has 0 bridgehead atoms. The predicted octanol–water partition coefficient (Wildman–Crippen LogP) is 2.69. The summed E-state index contributed by atoms with van der Waals surface area (Å²) in [5, 5.41) is 7.06. The average molecular weight is 390 g/mol. The molecule has 0 fully saturated rings. The molecule has 7 nitrogen and oxygen atoms in total. The van der Waals surface area contributed by atoms with Crippen LogP contribution in [0.15, 0.2) is 41.8 Å². The van der Waals surface area contributed by atoms with Crippen LogP contribution in [-0.4, -0.2) is 37.5 Å². The lowest BCUT2D eigenvalue weighted by Gasteiger charge is -2.20. The molecular formula is C19H22N2O5S. The van der Waals surface area contributed by atoms with Gasteiger partial charge in [0.2, 0.25) is 0 Å². The Morgan fingerprint density at radius 3 is 2.37 bits per heavy atom. The number of methoxy groups -OCH3 is 1. The molecular weight excluding hydrogens is 368 g/mol. The van der Waals surface area contributed by atoms with Gasteiger partial charge in [0, 0.05) is 5.69 Å². The van der Waals surface area contributed by atoms with Crippen molar-refractivity contribution in [1.82, 2.24) is 5.32 Å².